The lowest BCUT2D eigenvalue weighted by Gasteiger charge is -2.22. The number of hydrogen-bond acceptors (Lipinski definition) is 3. The van der Waals surface area contributed by atoms with Gasteiger partial charge in [-0.25, -0.2) is 0 Å². The Morgan fingerprint density at radius 2 is 2.00 bits per heavy atom. The molecular weight excluding hydrogens is 312 g/mol. The maximum absolute atomic E-state index is 11.2. The fourth-order valence-corrected chi connectivity index (χ4v) is 3.39. The number of rotatable bonds is 6. The number of hydrogen-bond donors (Lipinski definition) is 2. The van der Waals surface area contributed by atoms with Gasteiger partial charge in [-0.3, -0.25) is 4.79 Å². The van der Waals surface area contributed by atoms with E-state index in [1.165, 1.54) is 18.1 Å². The first-order valence-corrected chi connectivity index (χ1v) is 8.91. The summed E-state index contributed by atoms with van der Waals surface area (Å²) in [4.78, 5) is 11.2. The summed E-state index contributed by atoms with van der Waals surface area (Å²) in [5, 5.41) is 6.47. The smallest absolute Gasteiger partial charge is 0.221 e. The number of carbonyl (C=O) groups is 1. The Kier molecular flexibility index (Phi) is 5.84. The lowest BCUT2D eigenvalue weighted by Crippen LogP contribution is -2.27. The molecule has 4 heteroatoms. The van der Waals surface area contributed by atoms with Gasteiger partial charge in [0.05, 0.1) is 6.10 Å². The van der Waals surface area contributed by atoms with Gasteiger partial charge in [0.15, 0.2) is 0 Å². The van der Waals surface area contributed by atoms with Crippen molar-refractivity contribution in [3.8, 4) is 0 Å². The highest BCUT2D eigenvalue weighted by Gasteiger charge is 2.29. The van der Waals surface area contributed by atoms with Crippen LogP contribution in [0.1, 0.15) is 43.5 Å². The van der Waals surface area contributed by atoms with Gasteiger partial charge in [0.25, 0.3) is 0 Å². The van der Waals surface area contributed by atoms with Crippen molar-refractivity contribution >= 4 is 11.6 Å². The Hall–Kier alpha value is -2.17. The van der Waals surface area contributed by atoms with Gasteiger partial charge in [-0.15, -0.1) is 0 Å². The first-order chi connectivity index (χ1) is 12.1. The molecule has 0 radical (unpaired) electrons. The molecule has 1 amide bonds. The maximum Gasteiger partial charge on any atom is 0.221 e. The molecular formula is C21H26N2O2. The minimum atomic E-state index is -0.0495. The summed E-state index contributed by atoms with van der Waals surface area (Å²) in [5.41, 5.74) is 3.26. The van der Waals surface area contributed by atoms with Gasteiger partial charge >= 0.3 is 0 Å². The number of benzene rings is 2. The average Bonchev–Trinajstić information content (AvgIpc) is 3.08. The molecule has 0 unspecified atom stereocenters. The van der Waals surface area contributed by atoms with Crippen LogP contribution in [0.5, 0.6) is 0 Å². The third-order valence-electron chi connectivity index (χ3n) is 4.74. The Balaban J connectivity index is 1.60. The zero-order valence-electron chi connectivity index (χ0n) is 14.9. The molecule has 0 aliphatic carbocycles. The molecule has 4 nitrogen and oxygen atoms in total. The lowest BCUT2D eigenvalue weighted by molar-refractivity contribution is -0.114. The summed E-state index contributed by atoms with van der Waals surface area (Å²) in [6.45, 7) is 5.40. The molecule has 132 valence electrons. The van der Waals surface area contributed by atoms with Crippen molar-refractivity contribution in [3.05, 3.63) is 65.7 Å². The van der Waals surface area contributed by atoms with Gasteiger partial charge < -0.3 is 15.4 Å². The van der Waals surface area contributed by atoms with E-state index in [1.807, 2.05) is 24.3 Å². The van der Waals surface area contributed by atoms with E-state index >= 15 is 0 Å². The third kappa shape index (κ3) is 4.68. The van der Waals surface area contributed by atoms with E-state index in [1.54, 1.807) is 0 Å². The van der Waals surface area contributed by atoms with Gasteiger partial charge in [0.2, 0.25) is 5.91 Å². The Morgan fingerprint density at radius 1 is 1.20 bits per heavy atom. The number of anilines is 1. The lowest BCUT2D eigenvalue weighted by atomic mass is 9.94. The number of carbonyl (C=O) groups excluding carboxylic acids is 1. The molecule has 0 spiro atoms. The highest BCUT2D eigenvalue weighted by atomic mass is 16.5. The van der Waals surface area contributed by atoms with Crippen molar-refractivity contribution in [3.63, 3.8) is 0 Å². The van der Waals surface area contributed by atoms with Crippen LogP contribution < -0.4 is 10.6 Å². The van der Waals surface area contributed by atoms with E-state index in [2.05, 4.69) is 47.9 Å². The predicted molar refractivity (Wildman–Crippen MR) is 100 cm³/mol. The zero-order valence-corrected chi connectivity index (χ0v) is 14.9. The van der Waals surface area contributed by atoms with Gasteiger partial charge in [-0.2, -0.15) is 0 Å². The first kappa shape index (κ1) is 17.6. The van der Waals surface area contributed by atoms with E-state index < -0.39 is 0 Å². The molecule has 2 aromatic rings. The summed E-state index contributed by atoms with van der Waals surface area (Å²) < 4.78 is 5.97. The van der Waals surface area contributed by atoms with Crippen LogP contribution in [0.25, 0.3) is 0 Å². The monoisotopic (exact) mass is 338 g/mol. The van der Waals surface area contributed by atoms with Crippen molar-refractivity contribution < 1.29 is 9.53 Å². The molecule has 2 aromatic carbocycles. The quantitative estimate of drug-likeness (QED) is 0.835. The second kappa shape index (κ2) is 8.28. The second-order valence-electron chi connectivity index (χ2n) is 6.69. The molecule has 3 atom stereocenters. The molecule has 25 heavy (non-hydrogen) atoms. The van der Waals surface area contributed by atoms with E-state index in [0.717, 1.165) is 25.3 Å². The second-order valence-corrected chi connectivity index (χ2v) is 6.69. The highest BCUT2D eigenvalue weighted by molar-refractivity contribution is 5.88. The molecule has 1 aliphatic heterocycles. The largest absolute Gasteiger partial charge is 0.373 e. The van der Waals surface area contributed by atoms with Crippen LogP contribution in [0.4, 0.5) is 5.69 Å². The molecule has 0 bridgehead atoms. The first-order valence-electron chi connectivity index (χ1n) is 8.91. The highest BCUT2D eigenvalue weighted by Crippen LogP contribution is 2.34. The van der Waals surface area contributed by atoms with Crippen LogP contribution in [0.2, 0.25) is 0 Å². The van der Waals surface area contributed by atoms with Crippen LogP contribution >= 0.6 is 0 Å². The summed E-state index contributed by atoms with van der Waals surface area (Å²) in [6, 6.07) is 18.7. The van der Waals surface area contributed by atoms with Crippen molar-refractivity contribution in [2.24, 2.45) is 5.92 Å². The average molecular weight is 338 g/mol. The Bertz CT molecular complexity index is 702. The van der Waals surface area contributed by atoms with Crippen LogP contribution in [-0.2, 0) is 9.53 Å². The fraction of sp³-hybridized carbons (Fsp3) is 0.381. The van der Waals surface area contributed by atoms with Gasteiger partial charge in [-0.1, -0.05) is 42.5 Å². The van der Waals surface area contributed by atoms with E-state index in [9.17, 15) is 4.79 Å². The van der Waals surface area contributed by atoms with Crippen molar-refractivity contribution in [1.82, 2.24) is 5.32 Å². The van der Waals surface area contributed by atoms with E-state index in [-0.39, 0.29) is 18.1 Å². The fourth-order valence-electron chi connectivity index (χ4n) is 3.39. The summed E-state index contributed by atoms with van der Waals surface area (Å²) in [5.74, 6) is 0.426. The molecule has 1 saturated heterocycles. The normalized spacial score (nSPS) is 21.0. The zero-order chi connectivity index (χ0) is 17.6. The number of nitrogens with one attached hydrogen (secondary N) is 2. The van der Waals surface area contributed by atoms with Crippen molar-refractivity contribution in [2.45, 2.75) is 32.4 Å². The summed E-state index contributed by atoms with van der Waals surface area (Å²) in [6.07, 6.45) is 1.25. The number of amides is 1. The van der Waals surface area contributed by atoms with E-state index in [0.29, 0.717) is 5.92 Å². The van der Waals surface area contributed by atoms with Gasteiger partial charge in [0.1, 0.15) is 0 Å². The van der Waals surface area contributed by atoms with Gasteiger partial charge in [0, 0.05) is 37.7 Å². The van der Waals surface area contributed by atoms with Crippen molar-refractivity contribution in [1.29, 1.82) is 0 Å². The Morgan fingerprint density at radius 3 is 2.76 bits per heavy atom. The molecule has 2 N–H and O–H groups in total. The van der Waals surface area contributed by atoms with Crippen LogP contribution in [0, 0.1) is 5.92 Å². The summed E-state index contributed by atoms with van der Waals surface area (Å²) >= 11 is 0. The van der Waals surface area contributed by atoms with Crippen LogP contribution in [0.15, 0.2) is 54.6 Å². The third-order valence-corrected chi connectivity index (χ3v) is 4.74. The molecule has 1 heterocycles. The molecule has 0 saturated carbocycles. The van der Waals surface area contributed by atoms with Gasteiger partial charge in [-0.05, 0) is 36.6 Å². The topological polar surface area (TPSA) is 50.4 Å². The SMILES string of the molecule is CC(=O)Nc1cccc([C@H](C)NC[C@@H]2CCO[C@@H]2c2ccccc2)c1. The predicted octanol–water partition coefficient (Wildman–Crippen LogP) is 4.07. The molecule has 3 rings (SSSR count). The van der Waals surface area contributed by atoms with Crippen LogP contribution in [-0.4, -0.2) is 19.1 Å². The Labute approximate surface area is 149 Å². The maximum atomic E-state index is 11.2. The minimum absolute atomic E-state index is 0.0495. The standard InChI is InChI=1S/C21H26N2O2/c1-15(18-9-6-10-20(13-18)23-16(2)24)22-14-19-11-12-25-21(19)17-7-4-3-5-8-17/h3-10,13,15,19,21-22H,11-12,14H2,1-2H3,(H,23,24)/t15-,19-,21+/m0/s1. The summed E-state index contributed by atoms with van der Waals surface area (Å²) in [7, 11) is 0. The molecule has 0 aromatic heterocycles. The van der Waals surface area contributed by atoms with Crippen LogP contribution in [0.3, 0.4) is 0 Å². The van der Waals surface area contributed by atoms with Crippen molar-refractivity contribution in [2.75, 3.05) is 18.5 Å². The number of ether oxygens (including phenoxy) is 1. The minimum Gasteiger partial charge on any atom is -0.373 e. The molecule has 1 fully saturated rings. The molecule has 1 aliphatic rings. The van der Waals surface area contributed by atoms with E-state index in [4.69, 9.17) is 4.74 Å².